The molecule has 1 aromatic rings. The Bertz CT molecular complexity index is 538. The molecule has 0 radical (unpaired) electrons. The molecular formula is C18H27ClN2O2. The van der Waals surface area contributed by atoms with Crippen LogP contribution in [0.5, 0.6) is 5.75 Å². The number of benzene rings is 1. The first-order chi connectivity index (χ1) is 10.6. The number of nitrogens with one attached hydrogen (secondary N) is 2. The molecule has 5 heteroatoms. The van der Waals surface area contributed by atoms with Crippen molar-refractivity contribution >= 4 is 18.3 Å². The summed E-state index contributed by atoms with van der Waals surface area (Å²) in [7, 11) is 0. The summed E-state index contributed by atoms with van der Waals surface area (Å²) in [6.07, 6.45) is 5.08. The molecule has 2 N–H and O–H groups in total. The lowest BCUT2D eigenvalue weighted by atomic mass is 10.00. The molecule has 2 saturated heterocycles. The number of fused-ring (bicyclic) bond motifs is 2. The third-order valence-electron chi connectivity index (χ3n) is 4.76. The normalized spacial score (nSPS) is 25.6. The molecule has 0 saturated carbocycles. The maximum atomic E-state index is 12.1. The fraction of sp³-hybridized carbons (Fsp3) is 0.611. The minimum absolute atomic E-state index is 0. The predicted molar refractivity (Wildman–Crippen MR) is 94.4 cm³/mol. The van der Waals surface area contributed by atoms with Crippen molar-refractivity contribution in [2.45, 2.75) is 64.1 Å². The second kappa shape index (κ2) is 8.02. The monoisotopic (exact) mass is 338 g/mol. The van der Waals surface area contributed by atoms with Gasteiger partial charge in [-0.3, -0.25) is 4.79 Å². The van der Waals surface area contributed by atoms with Crippen LogP contribution in [0.3, 0.4) is 0 Å². The first kappa shape index (κ1) is 18.1. The first-order valence-electron chi connectivity index (χ1n) is 8.35. The molecule has 2 heterocycles. The lowest BCUT2D eigenvalue weighted by Gasteiger charge is -2.29. The topological polar surface area (TPSA) is 50.4 Å². The largest absolute Gasteiger partial charge is 0.493 e. The highest BCUT2D eigenvalue weighted by Gasteiger charge is 2.33. The SMILES string of the molecule is Cc1ccc(OCCC(=O)NC2CC3CCC(C2)N3)c(C)c1.Cl. The summed E-state index contributed by atoms with van der Waals surface area (Å²) < 4.78 is 5.73. The third-order valence-corrected chi connectivity index (χ3v) is 4.76. The van der Waals surface area contributed by atoms with Crippen LogP contribution >= 0.6 is 12.4 Å². The summed E-state index contributed by atoms with van der Waals surface area (Å²) in [5, 5.41) is 6.76. The molecule has 2 atom stereocenters. The van der Waals surface area contributed by atoms with Crippen molar-refractivity contribution in [2.75, 3.05) is 6.61 Å². The van der Waals surface area contributed by atoms with Crippen LogP contribution in [0.25, 0.3) is 0 Å². The molecule has 2 fully saturated rings. The smallest absolute Gasteiger partial charge is 0.223 e. The molecule has 1 amide bonds. The second-order valence-corrected chi connectivity index (χ2v) is 6.74. The fourth-order valence-corrected chi connectivity index (χ4v) is 3.69. The first-order valence-corrected chi connectivity index (χ1v) is 8.35. The number of ether oxygens (including phenoxy) is 1. The highest BCUT2D eigenvalue weighted by atomic mass is 35.5. The van der Waals surface area contributed by atoms with Gasteiger partial charge in [-0.15, -0.1) is 12.4 Å². The number of amides is 1. The van der Waals surface area contributed by atoms with Crippen molar-refractivity contribution in [3.05, 3.63) is 29.3 Å². The zero-order chi connectivity index (χ0) is 15.5. The molecule has 0 aromatic heterocycles. The van der Waals surface area contributed by atoms with E-state index in [-0.39, 0.29) is 18.3 Å². The molecule has 0 spiro atoms. The van der Waals surface area contributed by atoms with Crippen molar-refractivity contribution in [1.82, 2.24) is 10.6 Å². The molecule has 2 bridgehead atoms. The van der Waals surface area contributed by atoms with Gasteiger partial charge >= 0.3 is 0 Å². The maximum absolute atomic E-state index is 12.1. The van der Waals surface area contributed by atoms with Gasteiger partial charge in [-0.25, -0.2) is 0 Å². The molecule has 0 aliphatic carbocycles. The maximum Gasteiger partial charge on any atom is 0.223 e. The van der Waals surface area contributed by atoms with E-state index >= 15 is 0 Å². The van der Waals surface area contributed by atoms with Gasteiger partial charge < -0.3 is 15.4 Å². The van der Waals surface area contributed by atoms with Gasteiger partial charge in [0, 0.05) is 18.1 Å². The van der Waals surface area contributed by atoms with E-state index in [0.29, 0.717) is 31.2 Å². The molecule has 2 aliphatic heterocycles. The number of hydrogen-bond donors (Lipinski definition) is 2. The van der Waals surface area contributed by atoms with E-state index in [1.54, 1.807) is 0 Å². The van der Waals surface area contributed by atoms with E-state index in [1.165, 1.54) is 18.4 Å². The second-order valence-electron chi connectivity index (χ2n) is 6.74. The van der Waals surface area contributed by atoms with Crippen molar-refractivity contribution in [2.24, 2.45) is 0 Å². The Kier molecular flexibility index (Phi) is 6.31. The van der Waals surface area contributed by atoms with Gasteiger partial charge in [0.2, 0.25) is 5.91 Å². The number of aryl methyl sites for hydroxylation is 2. The minimum atomic E-state index is 0. The average molecular weight is 339 g/mol. The summed E-state index contributed by atoms with van der Waals surface area (Å²) >= 11 is 0. The summed E-state index contributed by atoms with van der Waals surface area (Å²) in [6.45, 7) is 4.54. The standard InChI is InChI=1S/C18H26N2O2.ClH/c1-12-3-6-17(13(2)9-12)22-8-7-18(21)20-16-10-14-4-5-15(11-16)19-14;/h3,6,9,14-16,19H,4-5,7-8,10-11H2,1-2H3,(H,20,21);1H. The molecular weight excluding hydrogens is 312 g/mol. The zero-order valence-corrected chi connectivity index (χ0v) is 14.7. The highest BCUT2D eigenvalue weighted by molar-refractivity contribution is 5.85. The van der Waals surface area contributed by atoms with E-state index in [9.17, 15) is 4.79 Å². The molecule has 128 valence electrons. The number of carbonyl (C=O) groups is 1. The molecule has 23 heavy (non-hydrogen) atoms. The van der Waals surface area contributed by atoms with Crippen molar-refractivity contribution in [3.8, 4) is 5.75 Å². The average Bonchev–Trinajstić information content (AvgIpc) is 2.80. The quantitative estimate of drug-likeness (QED) is 0.868. The van der Waals surface area contributed by atoms with E-state index in [0.717, 1.165) is 24.2 Å². The lowest BCUT2D eigenvalue weighted by molar-refractivity contribution is -0.122. The van der Waals surface area contributed by atoms with E-state index in [1.807, 2.05) is 19.1 Å². The van der Waals surface area contributed by atoms with Gasteiger partial charge in [-0.05, 0) is 51.2 Å². The van der Waals surface area contributed by atoms with E-state index in [2.05, 4.69) is 23.6 Å². The number of halogens is 1. The Morgan fingerprint density at radius 2 is 1.96 bits per heavy atom. The molecule has 4 nitrogen and oxygen atoms in total. The molecule has 2 aliphatic rings. The van der Waals surface area contributed by atoms with Crippen LogP contribution in [-0.2, 0) is 4.79 Å². The van der Waals surface area contributed by atoms with Crippen LogP contribution in [-0.4, -0.2) is 30.6 Å². The van der Waals surface area contributed by atoms with E-state index in [4.69, 9.17) is 4.74 Å². The van der Waals surface area contributed by atoms with Gasteiger partial charge in [0.25, 0.3) is 0 Å². The van der Waals surface area contributed by atoms with Gasteiger partial charge in [0.1, 0.15) is 5.75 Å². The van der Waals surface area contributed by atoms with Crippen molar-refractivity contribution < 1.29 is 9.53 Å². The van der Waals surface area contributed by atoms with Crippen LogP contribution in [0.4, 0.5) is 0 Å². The number of carbonyl (C=O) groups excluding carboxylic acids is 1. The van der Waals surface area contributed by atoms with Gasteiger partial charge in [0.05, 0.1) is 13.0 Å². The summed E-state index contributed by atoms with van der Waals surface area (Å²) in [6, 6.07) is 7.67. The van der Waals surface area contributed by atoms with Crippen LogP contribution in [0.2, 0.25) is 0 Å². The Morgan fingerprint density at radius 3 is 2.61 bits per heavy atom. The fourth-order valence-electron chi connectivity index (χ4n) is 3.69. The minimum Gasteiger partial charge on any atom is -0.493 e. The Morgan fingerprint density at radius 1 is 1.26 bits per heavy atom. The third kappa shape index (κ3) is 4.85. The van der Waals surface area contributed by atoms with Gasteiger partial charge in [-0.2, -0.15) is 0 Å². The zero-order valence-electron chi connectivity index (χ0n) is 13.9. The van der Waals surface area contributed by atoms with Crippen LogP contribution in [0.15, 0.2) is 18.2 Å². The molecule has 1 aromatic carbocycles. The summed E-state index contributed by atoms with van der Waals surface area (Å²) in [5.41, 5.74) is 2.35. The van der Waals surface area contributed by atoms with Crippen molar-refractivity contribution in [1.29, 1.82) is 0 Å². The van der Waals surface area contributed by atoms with Crippen LogP contribution in [0, 0.1) is 13.8 Å². The predicted octanol–water partition coefficient (Wildman–Crippen LogP) is 2.89. The number of piperidine rings is 1. The van der Waals surface area contributed by atoms with E-state index < -0.39 is 0 Å². The van der Waals surface area contributed by atoms with Gasteiger partial charge in [0.15, 0.2) is 0 Å². The Balaban J connectivity index is 0.00000192. The number of rotatable bonds is 5. The van der Waals surface area contributed by atoms with Crippen LogP contribution < -0.4 is 15.4 Å². The Hall–Kier alpha value is -1.26. The Labute approximate surface area is 144 Å². The molecule has 3 rings (SSSR count). The number of hydrogen-bond acceptors (Lipinski definition) is 3. The van der Waals surface area contributed by atoms with Crippen LogP contribution in [0.1, 0.15) is 43.2 Å². The highest BCUT2D eigenvalue weighted by Crippen LogP contribution is 2.26. The lowest BCUT2D eigenvalue weighted by Crippen LogP contribution is -2.48. The summed E-state index contributed by atoms with van der Waals surface area (Å²) in [4.78, 5) is 12.1. The summed E-state index contributed by atoms with van der Waals surface area (Å²) in [5.74, 6) is 0.981. The van der Waals surface area contributed by atoms with Crippen molar-refractivity contribution in [3.63, 3.8) is 0 Å². The molecule has 2 unspecified atom stereocenters. The van der Waals surface area contributed by atoms with Gasteiger partial charge in [-0.1, -0.05) is 17.7 Å².